The third-order valence-corrected chi connectivity index (χ3v) is 2.48. The van der Waals surface area contributed by atoms with Crippen molar-refractivity contribution in [2.75, 3.05) is 25.1 Å². The highest BCUT2D eigenvalue weighted by atomic mass is 16.5. The van der Waals surface area contributed by atoms with E-state index in [1.165, 1.54) is 0 Å². The number of nitrogens with zero attached hydrogens (tertiary/aromatic N) is 1. The van der Waals surface area contributed by atoms with E-state index in [-0.39, 0.29) is 18.3 Å². The maximum atomic E-state index is 11.6. The van der Waals surface area contributed by atoms with E-state index in [4.69, 9.17) is 20.4 Å². The monoisotopic (exact) mass is 295 g/mol. The number of rotatable bonds is 9. The van der Waals surface area contributed by atoms with E-state index in [1.807, 2.05) is 6.92 Å². The molecule has 0 saturated carbocycles. The summed E-state index contributed by atoms with van der Waals surface area (Å²) in [6.45, 7) is 3.10. The largest absolute Gasteiger partial charge is 0.486 e. The van der Waals surface area contributed by atoms with Crippen LogP contribution in [0.4, 0.5) is 5.69 Å². The maximum absolute atomic E-state index is 11.6. The van der Waals surface area contributed by atoms with Gasteiger partial charge in [0.15, 0.2) is 5.84 Å². The highest BCUT2D eigenvalue weighted by Crippen LogP contribution is 2.15. The van der Waals surface area contributed by atoms with Crippen LogP contribution in [0.3, 0.4) is 0 Å². The summed E-state index contributed by atoms with van der Waals surface area (Å²) in [7, 11) is 0. The van der Waals surface area contributed by atoms with E-state index in [2.05, 4.69) is 10.5 Å². The average molecular weight is 295 g/mol. The van der Waals surface area contributed by atoms with Crippen molar-refractivity contribution in [1.82, 2.24) is 0 Å². The first kappa shape index (κ1) is 16.8. The molecule has 0 unspecified atom stereocenters. The van der Waals surface area contributed by atoms with Crippen LogP contribution in [0.2, 0.25) is 0 Å². The molecule has 0 saturated heterocycles. The Balaban J connectivity index is 2.34. The van der Waals surface area contributed by atoms with E-state index < -0.39 is 0 Å². The molecule has 0 atom stereocenters. The van der Waals surface area contributed by atoms with Gasteiger partial charge < -0.3 is 25.7 Å². The Kier molecular flexibility index (Phi) is 7.67. The van der Waals surface area contributed by atoms with Crippen LogP contribution in [0.25, 0.3) is 0 Å². The molecular weight excluding hydrogens is 274 g/mol. The molecule has 0 bridgehead atoms. The van der Waals surface area contributed by atoms with Crippen molar-refractivity contribution in [2.24, 2.45) is 10.9 Å². The first-order valence-corrected chi connectivity index (χ1v) is 6.72. The average Bonchev–Trinajstić information content (AvgIpc) is 2.50. The number of benzene rings is 1. The number of hydrogen-bond donors (Lipinski definition) is 3. The zero-order valence-corrected chi connectivity index (χ0v) is 12.0. The fraction of sp³-hybridized carbons (Fsp3) is 0.429. The van der Waals surface area contributed by atoms with Gasteiger partial charge in [0, 0.05) is 12.3 Å². The van der Waals surface area contributed by atoms with E-state index in [9.17, 15) is 4.79 Å². The van der Waals surface area contributed by atoms with Gasteiger partial charge in [-0.15, -0.1) is 0 Å². The molecule has 116 valence electrons. The third kappa shape index (κ3) is 7.17. The van der Waals surface area contributed by atoms with Gasteiger partial charge >= 0.3 is 0 Å². The first-order chi connectivity index (χ1) is 10.2. The van der Waals surface area contributed by atoms with E-state index in [0.29, 0.717) is 31.1 Å². The molecule has 21 heavy (non-hydrogen) atoms. The quantitative estimate of drug-likeness (QED) is 0.211. The molecule has 7 nitrogen and oxygen atoms in total. The molecule has 1 aromatic rings. The van der Waals surface area contributed by atoms with Gasteiger partial charge in [0.2, 0.25) is 5.91 Å². The minimum atomic E-state index is -0.101. The molecule has 0 heterocycles. The molecule has 0 spiro atoms. The zero-order valence-electron chi connectivity index (χ0n) is 12.0. The topological polar surface area (TPSA) is 106 Å². The number of amidine groups is 1. The molecule has 1 rings (SSSR count). The van der Waals surface area contributed by atoms with Crippen LogP contribution in [-0.4, -0.2) is 36.8 Å². The number of oxime groups is 1. The zero-order chi connectivity index (χ0) is 15.5. The van der Waals surface area contributed by atoms with E-state index >= 15 is 0 Å². The molecule has 0 aliphatic rings. The SMILES string of the molecule is CCCOCCC(=O)Nc1ccc(OCC(N)=NO)cc1. The molecule has 4 N–H and O–H groups in total. The summed E-state index contributed by atoms with van der Waals surface area (Å²) in [6.07, 6.45) is 1.26. The predicted molar refractivity (Wildman–Crippen MR) is 79.7 cm³/mol. The van der Waals surface area contributed by atoms with Gasteiger partial charge in [-0.25, -0.2) is 0 Å². The Hall–Kier alpha value is -2.28. The van der Waals surface area contributed by atoms with Gasteiger partial charge in [-0.1, -0.05) is 12.1 Å². The summed E-state index contributed by atoms with van der Waals surface area (Å²) in [5.41, 5.74) is 5.96. The van der Waals surface area contributed by atoms with Crippen LogP contribution >= 0.6 is 0 Å². The second-order valence-electron chi connectivity index (χ2n) is 4.31. The second kappa shape index (κ2) is 9.60. The van der Waals surface area contributed by atoms with Crippen molar-refractivity contribution in [3.8, 4) is 5.75 Å². The molecule has 0 aromatic heterocycles. The highest BCUT2D eigenvalue weighted by molar-refractivity contribution is 5.90. The molecule has 1 aromatic carbocycles. The standard InChI is InChI=1S/C14H21N3O4/c1-2-8-20-9-7-14(18)16-11-3-5-12(6-4-11)21-10-13(15)17-19/h3-6,19H,2,7-10H2,1H3,(H2,15,17)(H,16,18). The number of amides is 1. The molecular formula is C14H21N3O4. The minimum absolute atomic E-state index is 0.00300. The van der Waals surface area contributed by atoms with Crippen molar-refractivity contribution in [3.05, 3.63) is 24.3 Å². The van der Waals surface area contributed by atoms with Gasteiger partial charge in [0.25, 0.3) is 0 Å². The van der Waals surface area contributed by atoms with Crippen LogP contribution in [-0.2, 0) is 9.53 Å². The Bertz CT molecular complexity index is 460. The lowest BCUT2D eigenvalue weighted by atomic mass is 10.3. The van der Waals surface area contributed by atoms with Crippen LogP contribution in [0, 0.1) is 0 Å². The lowest BCUT2D eigenvalue weighted by Gasteiger charge is -2.08. The molecule has 0 fully saturated rings. The number of carbonyl (C=O) groups is 1. The Labute approximate surface area is 123 Å². The Morgan fingerprint density at radius 3 is 2.67 bits per heavy atom. The maximum Gasteiger partial charge on any atom is 0.226 e. The van der Waals surface area contributed by atoms with Gasteiger partial charge in [0.1, 0.15) is 12.4 Å². The number of hydrogen-bond acceptors (Lipinski definition) is 5. The first-order valence-electron chi connectivity index (χ1n) is 6.72. The van der Waals surface area contributed by atoms with Crippen LogP contribution in [0.1, 0.15) is 19.8 Å². The summed E-state index contributed by atoms with van der Waals surface area (Å²) in [4.78, 5) is 11.6. The van der Waals surface area contributed by atoms with Gasteiger partial charge in [-0.05, 0) is 30.7 Å². The number of ether oxygens (including phenoxy) is 2. The Morgan fingerprint density at radius 2 is 2.05 bits per heavy atom. The summed E-state index contributed by atoms with van der Waals surface area (Å²) in [5.74, 6) is 0.446. The fourth-order valence-electron chi connectivity index (χ4n) is 1.46. The second-order valence-corrected chi connectivity index (χ2v) is 4.31. The smallest absolute Gasteiger partial charge is 0.226 e. The van der Waals surface area contributed by atoms with E-state index in [1.54, 1.807) is 24.3 Å². The van der Waals surface area contributed by atoms with Crippen molar-refractivity contribution < 1.29 is 19.5 Å². The fourth-order valence-corrected chi connectivity index (χ4v) is 1.46. The number of anilines is 1. The summed E-state index contributed by atoms with van der Waals surface area (Å²) < 4.78 is 10.5. The van der Waals surface area contributed by atoms with Gasteiger partial charge in [0.05, 0.1) is 13.0 Å². The summed E-state index contributed by atoms with van der Waals surface area (Å²) in [6, 6.07) is 6.81. The van der Waals surface area contributed by atoms with Crippen LogP contribution in [0.15, 0.2) is 29.4 Å². The normalized spacial score (nSPS) is 11.2. The number of carbonyl (C=O) groups excluding carboxylic acids is 1. The third-order valence-electron chi connectivity index (χ3n) is 2.48. The van der Waals surface area contributed by atoms with Gasteiger partial charge in [-0.2, -0.15) is 0 Å². The number of nitrogens with two attached hydrogens (primary N) is 1. The molecule has 0 aliphatic heterocycles. The molecule has 0 radical (unpaired) electrons. The summed E-state index contributed by atoms with van der Waals surface area (Å²) >= 11 is 0. The van der Waals surface area contributed by atoms with Gasteiger partial charge in [-0.3, -0.25) is 4.79 Å². The highest BCUT2D eigenvalue weighted by Gasteiger charge is 2.03. The lowest BCUT2D eigenvalue weighted by molar-refractivity contribution is -0.117. The van der Waals surface area contributed by atoms with Crippen molar-refractivity contribution in [3.63, 3.8) is 0 Å². The lowest BCUT2D eigenvalue weighted by Crippen LogP contribution is -2.20. The molecule has 0 aliphatic carbocycles. The molecule has 7 heteroatoms. The Morgan fingerprint density at radius 1 is 1.33 bits per heavy atom. The molecule has 1 amide bonds. The number of nitrogens with one attached hydrogen (secondary N) is 1. The van der Waals surface area contributed by atoms with Crippen molar-refractivity contribution in [1.29, 1.82) is 0 Å². The van der Waals surface area contributed by atoms with Crippen molar-refractivity contribution in [2.45, 2.75) is 19.8 Å². The predicted octanol–water partition coefficient (Wildman–Crippen LogP) is 1.57. The van der Waals surface area contributed by atoms with E-state index in [0.717, 1.165) is 6.42 Å². The summed E-state index contributed by atoms with van der Waals surface area (Å²) in [5, 5.41) is 13.9. The van der Waals surface area contributed by atoms with Crippen LogP contribution in [0.5, 0.6) is 5.75 Å². The van der Waals surface area contributed by atoms with Crippen LogP contribution < -0.4 is 15.8 Å². The minimum Gasteiger partial charge on any atom is -0.486 e. The van der Waals surface area contributed by atoms with Crippen molar-refractivity contribution >= 4 is 17.4 Å².